The molecule has 18 heavy (non-hydrogen) atoms. The van der Waals surface area contributed by atoms with Gasteiger partial charge in [0.05, 0.1) is 6.54 Å². The van der Waals surface area contributed by atoms with Crippen LogP contribution in [0, 0.1) is 6.92 Å². The summed E-state index contributed by atoms with van der Waals surface area (Å²) in [4.78, 5) is 12.9. The van der Waals surface area contributed by atoms with Crippen molar-refractivity contribution in [3.05, 3.63) is 33.8 Å². The van der Waals surface area contributed by atoms with Crippen LogP contribution in [-0.4, -0.2) is 16.2 Å². The van der Waals surface area contributed by atoms with Crippen LogP contribution < -0.4 is 5.32 Å². The van der Waals surface area contributed by atoms with E-state index in [1.54, 1.807) is 18.3 Å². The molecule has 0 aliphatic carbocycles. The van der Waals surface area contributed by atoms with Crippen LogP contribution in [0.25, 0.3) is 0 Å². The molecule has 0 saturated carbocycles. The molecule has 0 spiro atoms. The van der Waals surface area contributed by atoms with E-state index in [0.717, 1.165) is 12.8 Å². The van der Waals surface area contributed by atoms with Gasteiger partial charge in [-0.05, 0) is 31.2 Å². The van der Waals surface area contributed by atoms with E-state index >= 15 is 0 Å². The Balaban J connectivity index is 1.65. The molecule has 5 nitrogen and oxygen atoms in total. The number of nitrogens with one attached hydrogen (secondary N) is 1. The molecule has 2 heterocycles. The lowest BCUT2D eigenvalue weighted by atomic mass is 10.2. The maximum atomic E-state index is 11.6. The van der Waals surface area contributed by atoms with E-state index < -0.39 is 0 Å². The van der Waals surface area contributed by atoms with E-state index in [2.05, 4.69) is 31.7 Å². The number of rotatable bonds is 6. The Kier molecular flexibility index (Phi) is 4.46. The first-order valence-electron chi connectivity index (χ1n) is 5.83. The van der Waals surface area contributed by atoms with Crippen LogP contribution in [0.2, 0.25) is 0 Å². The Bertz CT molecular complexity index is 493. The van der Waals surface area contributed by atoms with Crippen LogP contribution in [0.5, 0.6) is 0 Å². The Morgan fingerprint density at radius 3 is 3.06 bits per heavy atom. The molecule has 0 fully saturated rings. The Morgan fingerprint density at radius 2 is 2.39 bits per heavy atom. The molecular weight excluding hydrogens is 250 g/mol. The van der Waals surface area contributed by atoms with E-state index in [1.165, 1.54) is 4.88 Å². The highest BCUT2D eigenvalue weighted by atomic mass is 32.1. The lowest BCUT2D eigenvalue weighted by Crippen LogP contribution is -2.23. The summed E-state index contributed by atoms with van der Waals surface area (Å²) in [6, 6.07) is 4.12. The quantitative estimate of drug-likeness (QED) is 0.868. The number of carbonyl (C=O) groups excluding carboxylic acids is 1. The average Bonchev–Trinajstić information content (AvgIpc) is 2.98. The molecule has 0 aliphatic heterocycles. The molecule has 0 radical (unpaired) electrons. The van der Waals surface area contributed by atoms with Crippen molar-refractivity contribution in [1.82, 2.24) is 15.6 Å². The molecule has 0 atom stereocenters. The molecule has 0 aliphatic rings. The number of hydrogen-bond acceptors (Lipinski definition) is 5. The van der Waals surface area contributed by atoms with Crippen LogP contribution in [0.4, 0.5) is 0 Å². The number of nitrogens with zero attached hydrogens (tertiary/aromatic N) is 2. The van der Waals surface area contributed by atoms with E-state index in [0.29, 0.717) is 24.4 Å². The molecule has 96 valence electrons. The van der Waals surface area contributed by atoms with Gasteiger partial charge in [0.1, 0.15) is 11.4 Å². The summed E-state index contributed by atoms with van der Waals surface area (Å²) in [5.74, 6) is 0.0361. The van der Waals surface area contributed by atoms with Gasteiger partial charge in [0.25, 0.3) is 0 Å². The molecule has 6 heteroatoms. The van der Waals surface area contributed by atoms with Crippen LogP contribution in [0.1, 0.15) is 29.1 Å². The first-order valence-corrected chi connectivity index (χ1v) is 6.71. The van der Waals surface area contributed by atoms with Crippen molar-refractivity contribution < 1.29 is 9.42 Å². The number of amides is 1. The Labute approximate surface area is 109 Å². The third-order valence-corrected chi connectivity index (χ3v) is 3.54. The highest BCUT2D eigenvalue weighted by molar-refractivity contribution is 7.09. The molecule has 0 unspecified atom stereocenters. The fourth-order valence-electron chi connectivity index (χ4n) is 1.56. The summed E-state index contributed by atoms with van der Waals surface area (Å²) in [7, 11) is 0. The molecule has 1 amide bonds. The van der Waals surface area contributed by atoms with Crippen LogP contribution in [-0.2, 0) is 17.8 Å². The zero-order valence-corrected chi connectivity index (χ0v) is 11.0. The lowest BCUT2D eigenvalue weighted by molar-refractivity contribution is -0.121. The maximum Gasteiger partial charge on any atom is 0.220 e. The first kappa shape index (κ1) is 12.8. The molecule has 0 aromatic carbocycles. The van der Waals surface area contributed by atoms with E-state index in [9.17, 15) is 4.79 Å². The molecule has 0 saturated heterocycles. The van der Waals surface area contributed by atoms with Gasteiger partial charge in [0.15, 0.2) is 0 Å². The molecular formula is C12H15N3O2S. The summed E-state index contributed by atoms with van der Waals surface area (Å²) in [5.41, 5.74) is 1.40. The fraction of sp³-hybridized carbons (Fsp3) is 0.417. The van der Waals surface area contributed by atoms with Crippen LogP contribution in [0.3, 0.4) is 0 Å². The van der Waals surface area contributed by atoms with Gasteiger partial charge in [0.2, 0.25) is 5.91 Å². The molecule has 1 N–H and O–H groups in total. The topological polar surface area (TPSA) is 68.0 Å². The standard InChI is InChI=1S/C12H15N3O2S/c1-9-11(15-17-14-9)8-13-12(16)6-2-4-10-5-3-7-18-10/h3,5,7H,2,4,6,8H2,1H3,(H,13,16). The van der Waals surface area contributed by atoms with Crippen molar-refractivity contribution in [3.63, 3.8) is 0 Å². The second-order valence-corrected chi connectivity index (χ2v) is 5.04. The van der Waals surface area contributed by atoms with Crippen LogP contribution in [0.15, 0.2) is 22.1 Å². The minimum atomic E-state index is 0.0361. The number of carbonyl (C=O) groups is 1. The Hall–Kier alpha value is -1.69. The maximum absolute atomic E-state index is 11.6. The van der Waals surface area contributed by atoms with Crippen molar-refractivity contribution in [3.8, 4) is 0 Å². The van der Waals surface area contributed by atoms with Crippen molar-refractivity contribution in [2.24, 2.45) is 0 Å². The van der Waals surface area contributed by atoms with E-state index in [1.807, 2.05) is 6.07 Å². The van der Waals surface area contributed by atoms with Gasteiger partial charge in [0, 0.05) is 11.3 Å². The van der Waals surface area contributed by atoms with E-state index in [4.69, 9.17) is 0 Å². The molecule has 2 rings (SSSR count). The van der Waals surface area contributed by atoms with Gasteiger partial charge < -0.3 is 5.32 Å². The first-order chi connectivity index (χ1) is 8.75. The fourth-order valence-corrected chi connectivity index (χ4v) is 2.31. The predicted molar refractivity (Wildman–Crippen MR) is 68.1 cm³/mol. The summed E-state index contributed by atoms with van der Waals surface area (Å²) in [6.45, 7) is 2.18. The second-order valence-electron chi connectivity index (χ2n) is 4.01. The highest BCUT2D eigenvalue weighted by Gasteiger charge is 2.07. The molecule has 0 bridgehead atoms. The largest absolute Gasteiger partial charge is 0.350 e. The van der Waals surface area contributed by atoms with Gasteiger partial charge in [-0.3, -0.25) is 4.79 Å². The molecule has 2 aromatic heterocycles. The highest BCUT2D eigenvalue weighted by Crippen LogP contribution is 2.11. The van der Waals surface area contributed by atoms with Crippen molar-refractivity contribution in [2.75, 3.05) is 0 Å². The van der Waals surface area contributed by atoms with E-state index in [-0.39, 0.29) is 5.91 Å². The van der Waals surface area contributed by atoms with Gasteiger partial charge in [-0.1, -0.05) is 16.4 Å². The molecule has 2 aromatic rings. The predicted octanol–water partition coefficient (Wildman–Crippen LogP) is 2.08. The second kappa shape index (κ2) is 6.30. The van der Waals surface area contributed by atoms with Gasteiger partial charge >= 0.3 is 0 Å². The van der Waals surface area contributed by atoms with Gasteiger partial charge in [-0.15, -0.1) is 11.3 Å². The smallest absolute Gasteiger partial charge is 0.220 e. The SMILES string of the molecule is Cc1nonc1CNC(=O)CCCc1cccs1. The number of aryl methyl sites for hydroxylation is 2. The number of hydrogen-bond donors (Lipinski definition) is 1. The number of aromatic nitrogens is 2. The normalized spacial score (nSPS) is 10.5. The van der Waals surface area contributed by atoms with Crippen LogP contribution >= 0.6 is 11.3 Å². The Morgan fingerprint density at radius 1 is 1.50 bits per heavy atom. The number of thiophene rings is 1. The van der Waals surface area contributed by atoms with Gasteiger partial charge in [-0.2, -0.15) is 0 Å². The summed E-state index contributed by atoms with van der Waals surface area (Å²) >= 11 is 1.73. The van der Waals surface area contributed by atoms with Crippen molar-refractivity contribution in [2.45, 2.75) is 32.7 Å². The summed E-state index contributed by atoms with van der Waals surface area (Å²) in [5, 5.41) is 12.2. The lowest BCUT2D eigenvalue weighted by Gasteiger charge is -2.02. The van der Waals surface area contributed by atoms with Crippen molar-refractivity contribution >= 4 is 17.2 Å². The average molecular weight is 265 g/mol. The summed E-state index contributed by atoms with van der Waals surface area (Å²) < 4.78 is 4.56. The van der Waals surface area contributed by atoms with Crippen molar-refractivity contribution in [1.29, 1.82) is 0 Å². The minimum absolute atomic E-state index is 0.0361. The zero-order chi connectivity index (χ0) is 12.8. The monoisotopic (exact) mass is 265 g/mol. The third-order valence-electron chi connectivity index (χ3n) is 2.61. The summed E-state index contributed by atoms with van der Waals surface area (Å²) in [6.07, 6.45) is 2.35. The van der Waals surface area contributed by atoms with Gasteiger partial charge in [-0.25, -0.2) is 4.63 Å². The minimum Gasteiger partial charge on any atom is -0.350 e. The third kappa shape index (κ3) is 3.66. The zero-order valence-electron chi connectivity index (χ0n) is 10.2.